The second kappa shape index (κ2) is 7.75. The van der Waals surface area contributed by atoms with Crippen molar-refractivity contribution in [3.63, 3.8) is 0 Å². The van der Waals surface area contributed by atoms with Gasteiger partial charge in [-0.05, 0) is 54.8 Å². The third-order valence-corrected chi connectivity index (χ3v) is 4.62. The van der Waals surface area contributed by atoms with E-state index in [1.165, 1.54) is 6.33 Å². The van der Waals surface area contributed by atoms with Crippen LogP contribution in [0.25, 0.3) is 0 Å². The fourth-order valence-corrected chi connectivity index (χ4v) is 3.47. The van der Waals surface area contributed by atoms with Crippen molar-refractivity contribution in [2.75, 3.05) is 17.2 Å². The molecule has 2 heterocycles. The summed E-state index contributed by atoms with van der Waals surface area (Å²) in [6.07, 6.45) is 1.67. The van der Waals surface area contributed by atoms with Crippen LogP contribution in [-0.4, -0.2) is 33.2 Å². The summed E-state index contributed by atoms with van der Waals surface area (Å²) >= 11 is 0. The molecule has 8 heteroatoms. The van der Waals surface area contributed by atoms with Crippen molar-refractivity contribution in [1.82, 2.24) is 14.8 Å². The van der Waals surface area contributed by atoms with Gasteiger partial charge in [0.25, 0.3) is 5.91 Å². The van der Waals surface area contributed by atoms with Gasteiger partial charge in [0.15, 0.2) is 6.61 Å². The van der Waals surface area contributed by atoms with Gasteiger partial charge >= 0.3 is 0 Å². The SMILES string of the molecule is Cc1cc(C)cc(NC(=O)COc2cccc([C@@H]3CC(=O)Nc4ncnn43)c2)c1. The number of ether oxygens (including phenoxy) is 1. The molecule has 148 valence electrons. The Morgan fingerprint density at radius 3 is 2.83 bits per heavy atom. The van der Waals surface area contributed by atoms with E-state index in [1.807, 2.05) is 50.2 Å². The normalized spacial score (nSPS) is 15.4. The van der Waals surface area contributed by atoms with E-state index in [0.717, 1.165) is 22.4 Å². The lowest BCUT2D eigenvalue weighted by molar-refractivity contribution is -0.118. The van der Waals surface area contributed by atoms with Gasteiger partial charge in [0, 0.05) is 5.69 Å². The Kier molecular flexibility index (Phi) is 4.99. The van der Waals surface area contributed by atoms with Crippen LogP contribution in [0.1, 0.15) is 29.2 Å². The molecule has 2 aromatic carbocycles. The van der Waals surface area contributed by atoms with Crippen LogP contribution in [0.2, 0.25) is 0 Å². The molecular weight excluding hydrogens is 370 g/mol. The van der Waals surface area contributed by atoms with Gasteiger partial charge in [-0.1, -0.05) is 18.2 Å². The number of hydrogen-bond donors (Lipinski definition) is 2. The first-order valence-electron chi connectivity index (χ1n) is 9.28. The van der Waals surface area contributed by atoms with Crippen molar-refractivity contribution >= 4 is 23.5 Å². The molecule has 29 heavy (non-hydrogen) atoms. The summed E-state index contributed by atoms with van der Waals surface area (Å²) in [4.78, 5) is 28.3. The summed E-state index contributed by atoms with van der Waals surface area (Å²) in [6, 6.07) is 12.9. The zero-order chi connectivity index (χ0) is 20.4. The molecule has 0 unspecified atom stereocenters. The van der Waals surface area contributed by atoms with Crippen molar-refractivity contribution in [1.29, 1.82) is 0 Å². The average Bonchev–Trinajstić information content (AvgIpc) is 3.13. The average molecular weight is 391 g/mol. The highest BCUT2D eigenvalue weighted by Gasteiger charge is 2.27. The number of benzene rings is 2. The molecule has 0 fully saturated rings. The number of aromatic nitrogens is 3. The van der Waals surface area contributed by atoms with Gasteiger partial charge in [0.05, 0.1) is 12.5 Å². The molecule has 1 aliphatic heterocycles. The van der Waals surface area contributed by atoms with Crippen molar-refractivity contribution in [3.05, 3.63) is 65.5 Å². The van der Waals surface area contributed by atoms with E-state index >= 15 is 0 Å². The molecular formula is C21H21N5O3. The standard InChI is InChI=1S/C21H21N5O3/c1-13-6-14(2)8-16(7-13)24-20(28)11-29-17-5-3-4-15(9-17)18-10-19(27)25-21-22-12-23-26(18)21/h3-9,12,18H,10-11H2,1-2H3,(H,24,28)(H,22,23,25,27)/t18-/m0/s1. The van der Waals surface area contributed by atoms with E-state index < -0.39 is 0 Å². The molecule has 2 amide bonds. The summed E-state index contributed by atoms with van der Waals surface area (Å²) in [5.74, 6) is 0.613. The Balaban J connectivity index is 1.43. The zero-order valence-electron chi connectivity index (χ0n) is 16.2. The number of nitrogens with zero attached hydrogens (tertiary/aromatic N) is 3. The molecule has 0 spiro atoms. The first-order chi connectivity index (χ1) is 14.0. The largest absolute Gasteiger partial charge is 0.484 e. The number of carbonyl (C=O) groups is 2. The lowest BCUT2D eigenvalue weighted by Crippen LogP contribution is -2.29. The number of hydrogen-bond acceptors (Lipinski definition) is 5. The Morgan fingerprint density at radius 2 is 2.03 bits per heavy atom. The van der Waals surface area contributed by atoms with Crippen molar-refractivity contribution in [2.45, 2.75) is 26.3 Å². The lowest BCUT2D eigenvalue weighted by Gasteiger charge is -2.24. The Bertz CT molecular complexity index is 1060. The highest BCUT2D eigenvalue weighted by Crippen LogP contribution is 2.30. The van der Waals surface area contributed by atoms with Crippen LogP contribution in [0.5, 0.6) is 5.75 Å². The van der Waals surface area contributed by atoms with E-state index in [4.69, 9.17) is 4.74 Å². The third kappa shape index (κ3) is 4.26. The predicted molar refractivity (Wildman–Crippen MR) is 108 cm³/mol. The van der Waals surface area contributed by atoms with Gasteiger partial charge < -0.3 is 10.1 Å². The van der Waals surface area contributed by atoms with Gasteiger partial charge in [-0.2, -0.15) is 10.1 Å². The van der Waals surface area contributed by atoms with Gasteiger partial charge in [-0.15, -0.1) is 0 Å². The molecule has 0 radical (unpaired) electrons. The molecule has 0 aliphatic carbocycles. The van der Waals surface area contributed by atoms with E-state index in [1.54, 1.807) is 10.7 Å². The summed E-state index contributed by atoms with van der Waals surface area (Å²) in [6.45, 7) is 3.85. The first kappa shape index (κ1) is 18.7. The maximum absolute atomic E-state index is 12.3. The van der Waals surface area contributed by atoms with Gasteiger partial charge in [-0.25, -0.2) is 4.68 Å². The second-order valence-electron chi connectivity index (χ2n) is 7.08. The molecule has 1 atom stereocenters. The molecule has 3 aromatic rings. The summed E-state index contributed by atoms with van der Waals surface area (Å²) < 4.78 is 7.34. The highest BCUT2D eigenvalue weighted by molar-refractivity contribution is 5.92. The molecule has 0 bridgehead atoms. The Morgan fingerprint density at radius 1 is 1.24 bits per heavy atom. The van der Waals surface area contributed by atoms with Crippen molar-refractivity contribution in [3.8, 4) is 5.75 Å². The number of rotatable bonds is 5. The van der Waals surface area contributed by atoms with Crippen LogP contribution in [0, 0.1) is 13.8 Å². The van der Waals surface area contributed by atoms with E-state index in [0.29, 0.717) is 11.7 Å². The Hall–Kier alpha value is -3.68. The maximum Gasteiger partial charge on any atom is 0.262 e. The minimum atomic E-state index is -0.270. The molecule has 1 aromatic heterocycles. The number of amides is 2. The minimum absolute atomic E-state index is 0.115. The summed E-state index contributed by atoms with van der Waals surface area (Å²) in [5.41, 5.74) is 3.77. The fourth-order valence-electron chi connectivity index (χ4n) is 3.47. The fraction of sp³-hybridized carbons (Fsp3) is 0.238. The summed E-state index contributed by atoms with van der Waals surface area (Å²) in [7, 11) is 0. The summed E-state index contributed by atoms with van der Waals surface area (Å²) in [5, 5.41) is 9.74. The number of anilines is 2. The van der Waals surface area contributed by atoms with E-state index in [-0.39, 0.29) is 30.9 Å². The van der Waals surface area contributed by atoms with Crippen LogP contribution in [0.3, 0.4) is 0 Å². The smallest absolute Gasteiger partial charge is 0.262 e. The van der Waals surface area contributed by atoms with E-state index in [9.17, 15) is 9.59 Å². The van der Waals surface area contributed by atoms with Crippen molar-refractivity contribution in [2.24, 2.45) is 0 Å². The van der Waals surface area contributed by atoms with Crippen LogP contribution in [0.4, 0.5) is 11.6 Å². The number of carbonyl (C=O) groups excluding carboxylic acids is 2. The maximum atomic E-state index is 12.3. The van der Waals surface area contributed by atoms with Crippen LogP contribution in [-0.2, 0) is 9.59 Å². The minimum Gasteiger partial charge on any atom is -0.484 e. The second-order valence-corrected chi connectivity index (χ2v) is 7.08. The third-order valence-electron chi connectivity index (χ3n) is 4.62. The van der Waals surface area contributed by atoms with Gasteiger partial charge in [0.2, 0.25) is 11.9 Å². The van der Waals surface area contributed by atoms with Gasteiger partial charge in [0.1, 0.15) is 12.1 Å². The number of nitrogens with one attached hydrogen (secondary N) is 2. The molecule has 1 aliphatic rings. The number of aryl methyl sites for hydroxylation is 2. The quantitative estimate of drug-likeness (QED) is 0.697. The van der Waals surface area contributed by atoms with Gasteiger partial charge in [-0.3, -0.25) is 14.9 Å². The van der Waals surface area contributed by atoms with E-state index in [2.05, 4.69) is 20.7 Å². The van der Waals surface area contributed by atoms with Crippen LogP contribution >= 0.6 is 0 Å². The first-order valence-corrected chi connectivity index (χ1v) is 9.28. The molecule has 0 saturated carbocycles. The molecule has 2 N–H and O–H groups in total. The molecule has 4 rings (SSSR count). The Labute approximate surface area is 167 Å². The lowest BCUT2D eigenvalue weighted by atomic mass is 10.0. The predicted octanol–water partition coefficient (Wildman–Crippen LogP) is 2.84. The monoisotopic (exact) mass is 391 g/mol. The van der Waals surface area contributed by atoms with Crippen molar-refractivity contribution < 1.29 is 14.3 Å². The topological polar surface area (TPSA) is 98.1 Å². The zero-order valence-corrected chi connectivity index (χ0v) is 16.2. The highest BCUT2D eigenvalue weighted by atomic mass is 16.5. The number of fused-ring (bicyclic) bond motifs is 1. The van der Waals surface area contributed by atoms with Crippen LogP contribution in [0.15, 0.2) is 48.8 Å². The molecule has 0 saturated heterocycles. The molecule has 8 nitrogen and oxygen atoms in total. The van der Waals surface area contributed by atoms with Crippen LogP contribution < -0.4 is 15.4 Å².